The third-order valence-electron chi connectivity index (χ3n) is 3.26. The second-order valence-electron chi connectivity index (χ2n) is 5.89. The van der Waals surface area contributed by atoms with Crippen LogP contribution in [0.3, 0.4) is 0 Å². The van der Waals surface area contributed by atoms with Crippen molar-refractivity contribution < 1.29 is 13.2 Å². The summed E-state index contributed by atoms with van der Waals surface area (Å²) in [6.07, 6.45) is -1.77. The summed E-state index contributed by atoms with van der Waals surface area (Å²) in [7, 11) is 1.68. The maximum Gasteiger partial charge on any atom is 0.434 e. The maximum atomic E-state index is 12.5. The summed E-state index contributed by atoms with van der Waals surface area (Å²) in [5.41, 5.74) is -0.817. The zero-order chi connectivity index (χ0) is 17.5. The summed E-state index contributed by atoms with van der Waals surface area (Å²) in [5.74, 6) is 1.32. The number of alkyl halides is 3. The highest BCUT2D eigenvalue weighted by molar-refractivity contribution is 7.09. The van der Waals surface area contributed by atoms with Crippen molar-refractivity contribution in [3.8, 4) is 0 Å². The molecule has 1 atom stereocenters. The summed E-state index contributed by atoms with van der Waals surface area (Å²) in [5, 5.41) is 7.91. The number of thiazole rings is 1. The van der Waals surface area contributed by atoms with Crippen molar-refractivity contribution in [3.63, 3.8) is 0 Å². The molecule has 8 heteroatoms. The first-order valence-electron chi connectivity index (χ1n) is 7.71. The minimum absolute atomic E-state index is 0.292. The molecular formula is C15H25F3N4S. The first kappa shape index (κ1) is 19.7. The van der Waals surface area contributed by atoms with E-state index in [0.717, 1.165) is 29.6 Å². The van der Waals surface area contributed by atoms with Crippen LogP contribution in [0.15, 0.2) is 10.4 Å². The van der Waals surface area contributed by atoms with Crippen molar-refractivity contribution in [1.82, 2.24) is 15.6 Å². The molecule has 1 unspecified atom stereocenters. The molecule has 1 rings (SSSR count). The monoisotopic (exact) mass is 350 g/mol. The Bertz CT molecular complexity index is 497. The van der Waals surface area contributed by atoms with Gasteiger partial charge in [0.05, 0.1) is 5.01 Å². The van der Waals surface area contributed by atoms with Crippen LogP contribution in [0, 0.1) is 5.92 Å². The van der Waals surface area contributed by atoms with Crippen LogP contribution in [0.5, 0.6) is 0 Å². The van der Waals surface area contributed by atoms with E-state index in [1.165, 1.54) is 0 Å². The summed E-state index contributed by atoms with van der Waals surface area (Å²) in [6, 6.07) is 0.292. The zero-order valence-electron chi connectivity index (χ0n) is 14.0. The van der Waals surface area contributed by atoms with E-state index in [9.17, 15) is 13.2 Å². The molecule has 0 aliphatic carbocycles. The van der Waals surface area contributed by atoms with Gasteiger partial charge in [0.15, 0.2) is 11.7 Å². The number of aliphatic imine (C=N–C) groups is 1. The van der Waals surface area contributed by atoms with Gasteiger partial charge < -0.3 is 10.6 Å². The molecule has 0 bridgehead atoms. The summed E-state index contributed by atoms with van der Waals surface area (Å²) >= 11 is 1.03. The summed E-state index contributed by atoms with van der Waals surface area (Å²) in [6.45, 7) is 6.94. The minimum Gasteiger partial charge on any atom is -0.356 e. The number of nitrogens with one attached hydrogen (secondary N) is 2. The first-order chi connectivity index (χ1) is 10.7. The molecule has 0 aliphatic heterocycles. The lowest BCUT2D eigenvalue weighted by atomic mass is 10.0. The molecule has 0 saturated carbocycles. The molecule has 1 heterocycles. The largest absolute Gasteiger partial charge is 0.434 e. The van der Waals surface area contributed by atoms with E-state index in [4.69, 9.17) is 0 Å². The minimum atomic E-state index is -4.37. The van der Waals surface area contributed by atoms with Crippen LogP contribution in [-0.4, -0.2) is 30.6 Å². The lowest BCUT2D eigenvalue weighted by Crippen LogP contribution is -2.43. The molecule has 23 heavy (non-hydrogen) atoms. The highest BCUT2D eigenvalue weighted by atomic mass is 32.1. The van der Waals surface area contributed by atoms with Crippen molar-refractivity contribution in [2.45, 2.75) is 52.3 Å². The second kappa shape index (κ2) is 9.10. The Hall–Kier alpha value is -1.31. The number of hydrogen-bond acceptors (Lipinski definition) is 3. The third kappa shape index (κ3) is 7.67. The molecule has 0 fully saturated rings. The molecule has 4 nitrogen and oxygen atoms in total. The van der Waals surface area contributed by atoms with E-state index in [0.29, 0.717) is 35.9 Å². The SMILES string of the molecule is CN=C(NCCc1nc(C(F)(F)F)cs1)NC(C)CCC(C)C. The maximum absolute atomic E-state index is 12.5. The number of aromatic nitrogens is 1. The highest BCUT2D eigenvalue weighted by Gasteiger charge is 2.33. The van der Waals surface area contributed by atoms with Crippen LogP contribution in [0.4, 0.5) is 13.2 Å². The third-order valence-corrected chi connectivity index (χ3v) is 4.17. The van der Waals surface area contributed by atoms with Crippen molar-refractivity contribution in [3.05, 3.63) is 16.1 Å². The fourth-order valence-corrected chi connectivity index (χ4v) is 2.73. The van der Waals surface area contributed by atoms with E-state index < -0.39 is 11.9 Å². The molecule has 1 aromatic heterocycles. The summed E-state index contributed by atoms with van der Waals surface area (Å²) < 4.78 is 37.4. The molecule has 1 aromatic rings. The Balaban J connectivity index is 2.36. The van der Waals surface area contributed by atoms with Gasteiger partial charge in [-0.3, -0.25) is 4.99 Å². The van der Waals surface area contributed by atoms with Crippen LogP contribution in [0.2, 0.25) is 0 Å². The van der Waals surface area contributed by atoms with Crippen molar-refractivity contribution in [2.24, 2.45) is 10.9 Å². The van der Waals surface area contributed by atoms with E-state index in [1.54, 1.807) is 7.05 Å². The van der Waals surface area contributed by atoms with Crippen LogP contribution in [0.1, 0.15) is 44.3 Å². The van der Waals surface area contributed by atoms with Crippen molar-refractivity contribution >= 4 is 17.3 Å². The topological polar surface area (TPSA) is 49.3 Å². The number of guanidine groups is 1. The van der Waals surface area contributed by atoms with E-state index in [-0.39, 0.29) is 0 Å². The number of hydrogen-bond donors (Lipinski definition) is 2. The fourth-order valence-electron chi connectivity index (χ4n) is 1.93. The predicted molar refractivity (Wildman–Crippen MR) is 88.9 cm³/mol. The van der Waals surface area contributed by atoms with Gasteiger partial charge in [0.1, 0.15) is 0 Å². The molecule has 0 spiro atoms. The van der Waals surface area contributed by atoms with Crippen molar-refractivity contribution in [1.29, 1.82) is 0 Å². The van der Waals surface area contributed by atoms with Crippen LogP contribution < -0.4 is 10.6 Å². The van der Waals surface area contributed by atoms with Gasteiger partial charge in [-0.05, 0) is 25.7 Å². The smallest absolute Gasteiger partial charge is 0.356 e. The van der Waals surface area contributed by atoms with Gasteiger partial charge in [-0.15, -0.1) is 11.3 Å². The van der Waals surface area contributed by atoms with Crippen LogP contribution >= 0.6 is 11.3 Å². The number of halogens is 3. The standard InChI is InChI=1S/C15H25F3N4S/c1-10(2)5-6-11(3)21-14(19-4)20-8-7-13-22-12(9-23-13)15(16,17)18/h9-11H,5-8H2,1-4H3,(H2,19,20,21). The van der Waals surface area contributed by atoms with Gasteiger partial charge in [0.25, 0.3) is 0 Å². The Morgan fingerprint density at radius 3 is 2.52 bits per heavy atom. The molecule has 0 amide bonds. The highest BCUT2D eigenvalue weighted by Crippen LogP contribution is 2.29. The quantitative estimate of drug-likeness (QED) is 0.582. The lowest BCUT2D eigenvalue weighted by Gasteiger charge is -2.18. The van der Waals surface area contributed by atoms with Gasteiger partial charge in [0, 0.05) is 31.4 Å². The van der Waals surface area contributed by atoms with Gasteiger partial charge >= 0.3 is 6.18 Å². The average molecular weight is 350 g/mol. The average Bonchev–Trinajstić information content (AvgIpc) is 2.93. The predicted octanol–water partition coefficient (Wildman–Crippen LogP) is 3.69. The Morgan fingerprint density at radius 2 is 2.00 bits per heavy atom. The molecule has 0 radical (unpaired) electrons. The van der Waals surface area contributed by atoms with E-state index >= 15 is 0 Å². The fraction of sp³-hybridized carbons (Fsp3) is 0.733. The van der Waals surface area contributed by atoms with Gasteiger partial charge in [-0.2, -0.15) is 13.2 Å². The molecule has 132 valence electrons. The van der Waals surface area contributed by atoms with Gasteiger partial charge in [0.2, 0.25) is 0 Å². The molecular weight excluding hydrogens is 325 g/mol. The second-order valence-corrected chi connectivity index (χ2v) is 6.83. The molecule has 0 aliphatic rings. The molecule has 0 saturated heterocycles. The number of nitrogens with zero attached hydrogens (tertiary/aromatic N) is 2. The number of rotatable bonds is 7. The Kier molecular flexibility index (Phi) is 7.81. The van der Waals surface area contributed by atoms with Gasteiger partial charge in [-0.25, -0.2) is 4.98 Å². The van der Waals surface area contributed by atoms with Gasteiger partial charge in [-0.1, -0.05) is 13.8 Å². The first-order valence-corrected chi connectivity index (χ1v) is 8.59. The Labute approximate surface area is 139 Å². The molecule has 0 aromatic carbocycles. The lowest BCUT2D eigenvalue weighted by molar-refractivity contribution is -0.140. The summed E-state index contributed by atoms with van der Waals surface area (Å²) in [4.78, 5) is 7.74. The zero-order valence-corrected chi connectivity index (χ0v) is 14.8. The van der Waals surface area contributed by atoms with Crippen LogP contribution in [-0.2, 0) is 12.6 Å². The molecule has 2 N–H and O–H groups in total. The normalized spacial score (nSPS) is 14.2. The van der Waals surface area contributed by atoms with E-state index in [1.807, 2.05) is 0 Å². The van der Waals surface area contributed by atoms with E-state index in [2.05, 4.69) is 41.4 Å². The van der Waals surface area contributed by atoms with Crippen LogP contribution in [0.25, 0.3) is 0 Å². The van der Waals surface area contributed by atoms with Crippen molar-refractivity contribution in [2.75, 3.05) is 13.6 Å². The Morgan fingerprint density at radius 1 is 1.30 bits per heavy atom.